The number of ketones is 1. The van der Waals surface area contributed by atoms with Gasteiger partial charge in [0.1, 0.15) is 11.5 Å². The second kappa shape index (κ2) is 5.87. The molecule has 0 atom stereocenters. The van der Waals surface area contributed by atoms with Gasteiger partial charge in [0, 0.05) is 18.5 Å². The van der Waals surface area contributed by atoms with Crippen molar-refractivity contribution in [2.75, 3.05) is 20.8 Å². The molecule has 0 aliphatic rings. The molecular weight excluding hydrogens is 272 g/mol. The molecule has 0 saturated carbocycles. The van der Waals surface area contributed by atoms with E-state index >= 15 is 0 Å². The zero-order chi connectivity index (χ0) is 15.6. The average Bonchev–Trinajstić information content (AvgIpc) is 2.79. The minimum atomic E-state index is -0.290. The van der Waals surface area contributed by atoms with Crippen LogP contribution in [0.4, 0.5) is 0 Å². The topological polar surface area (TPSA) is 69.6 Å². The molecule has 0 radical (unpaired) electrons. The molecule has 6 nitrogen and oxygen atoms in total. The van der Waals surface area contributed by atoms with Crippen LogP contribution in [0.25, 0.3) is 10.9 Å². The van der Waals surface area contributed by atoms with Crippen molar-refractivity contribution < 1.29 is 19.1 Å². The third kappa shape index (κ3) is 2.84. The van der Waals surface area contributed by atoms with Crippen LogP contribution in [0.2, 0.25) is 0 Å². The number of nitrogens with one attached hydrogen (secondary N) is 1. The van der Waals surface area contributed by atoms with Crippen molar-refractivity contribution in [2.45, 2.75) is 6.92 Å². The molecule has 1 amide bonds. The van der Waals surface area contributed by atoms with Gasteiger partial charge in [-0.15, -0.1) is 0 Å². The van der Waals surface area contributed by atoms with Crippen LogP contribution in [0.15, 0.2) is 18.2 Å². The standard InChI is InChI=1S/C15H18N2O4/c1-9(18)8-16-15(19)12-5-10-6-13(20-3)14(21-4)7-11(10)17(12)2/h5-7H,8H2,1-4H3,(H,16,19). The number of carbonyl (C=O) groups excluding carboxylic acids is 2. The van der Waals surface area contributed by atoms with Crippen LogP contribution in [-0.2, 0) is 11.8 Å². The van der Waals surface area contributed by atoms with E-state index in [1.54, 1.807) is 31.9 Å². The summed E-state index contributed by atoms with van der Waals surface area (Å²) in [6.07, 6.45) is 0. The summed E-state index contributed by atoms with van der Waals surface area (Å²) in [6, 6.07) is 5.39. The molecule has 0 bridgehead atoms. The molecule has 0 aliphatic carbocycles. The molecule has 0 saturated heterocycles. The number of hydrogen-bond acceptors (Lipinski definition) is 4. The Balaban J connectivity index is 2.45. The Morgan fingerprint density at radius 3 is 2.33 bits per heavy atom. The minimum Gasteiger partial charge on any atom is -0.493 e. The van der Waals surface area contributed by atoms with Crippen molar-refractivity contribution in [1.82, 2.24) is 9.88 Å². The van der Waals surface area contributed by atoms with E-state index in [1.165, 1.54) is 6.92 Å². The number of aryl methyl sites for hydroxylation is 1. The van der Waals surface area contributed by atoms with Gasteiger partial charge in [0.15, 0.2) is 11.5 Å². The van der Waals surface area contributed by atoms with Crippen LogP contribution in [-0.4, -0.2) is 37.0 Å². The molecule has 1 heterocycles. The average molecular weight is 290 g/mol. The third-order valence-electron chi connectivity index (χ3n) is 3.28. The lowest BCUT2D eigenvalue weighted by Gasteiger charge is -2.08. The monoisotopic (exact) mass is 290 g/mol. The number of fused-ring (bicyclic) bond motifs is 1. The molecule has 21 heavy (non-hydrogen) atoms. The van der Waals surface area contributed by atoms with Crippen LogP contribution in [0.5, 0.6) is 11.5 Å². The second-order valence-corrected chi connectivity index (χ2v) is 4.74. The van der Waals surface area contributed by atoms with Crippen LogP contribution in [0.3, 0.4) is 0 Å². The fourth-order valence-corrected chi connectivity index (χ4v) is 2.18. The molecule has 112 valence electrons. The molecule has 0 spiro atoms. The van der Waals surface area contributed by atoms with Gasteiger partial charge in [-0.1, -0.05) is 0 Å². The Kier molecular flexibility index (Phi) is 4.16. The van der Waals surface area contributed by atoms with Gasteiger partial charge in [0.05, 0.1) is 26.3 Å². The third-order valence-corrected chi connectivity index (χ3v) is 3.28. The molecule has 1 aromatic heterocycles. The molecule has 1 aromatic carbocycles. The number of amides is 1. The maximum atomic E-state index is 12.1. The van der Waals surface area contributed by atoms with E-state index in [0.29, 0.717) is 17.2 Å². The Hall–Kier alpha value is -2.50. The van der Waals surface area contributed by atoms with Gasteiger partial charge in [-0.2, -0.15) is 0 Å². The summed E-state index contributed by atoms with van der Waals surface area (Å²) in [7, 11) is 4.91. The number of ether oxygens (including phenoxy) is 2. The normalized spacial score (nSPS) is 10.5. The van der Waals surface area contributed by atoms with Crippen molar-refractivity contribution >= 4 is 22.6 Å². The first kappa shape index (κ1) is 14.9. The fraction of sp³-hybridized carbons (Fsp3) is 0.333. The number of carbonyl (C=O) groups is 2. The SMILES string of the molecule is COc1cc2cc(C(=O)NCC(C)=O)n(C)c2cc1OC. The summed E-state index contributed by atoms with van der Waals surface area (Å²) in [5.41, 5.74) is 1.32. The number of nitrogens with zero attached hydrogens (tertiary/aromatic N) is 1. The van der Waals surface area contributed by atoms with Crippen molar-refractivity contribution in [3.05, 3.63) is 23.9 Å². The lowest BCUT2D eigenvalue weighted by Crippen LogP contribution is -2.29. The summed E-state index contributed by atoms with van der Waals surface area (Å²) >= 11 is 0. The smallest absolute Gasteiger partial charge is 0.268 e. The molecule has 6 heteroatoms. The first-order valence-electron chi connectivity index (χ1n) is 6.47. The molecule has 0 fully saturated rings. The van der Waals surface area contributed by atoms with Crippen molar-refractivity contribution in [2.24, 2.45) is 7.05 Å². The first-order valence-corrected chi connectivity index (χ1v) is 6.47. The van der Waals surface area contributed by atoms with Gasteiger partial charge in [-0.25, -0.2) is 0 Å². The predicted octanol–water partition coefficient (Wildman–Crippen LogP) is 1.51. The summed E-state index contributed by atoms with van der Waals surface area (Å²) in [4.78, 5) is 23.1. The van der Waals surface area contributed by atoms with Crippen molar-refractivity contribution in [3.8, 4) is 11.5 Å². The van der Waals surface area contributed by atoms with Crippen LogP contribution >= 0.6 is 0 Å². The van der Waals surface area contributed by atoms with E-state index in [1.807, 2.05) is 12.1 Å². The van der Waals surface area contributed by atoms with E-state index in [-0.39, 0.29) is 18.2 Å². The number of aromatic nitrogens is 1. The lowest BCUT2D eigenvalue weighted by atomic mass is 10.2. The Morgan fingerprint density at radius 1 is 1.14 bits per heavy atom. The Morgan fingerprint density at radius 2 is 1.76 bits per heavy atom. The first-order chi connectivity index (χ1) is 9.97. The second-order valence-electron chi connectivity index (χ2n) is 4.74. The van der Waals surface area contributed by atoms with Gasteiger partial charge in [0.25, 0.3) is 5.91 Å². The maximum Gasteiger partial charge on any atom is 0.268 e. The largest absolute Gasteiger partial charge is 0.493 e. The number of rotatable bonds is 5. The summed E-state index contributed by atoms with van der Waals surface area (Å²) in [5.74, 6) is 0.820. The number of Topliss-reactive ketones (excluding diaryl/α,β-unsaturated/α-hetero) is 1. The fourth-order valence-electron chi connectivity index (χ4n) is 2.18. The van der Waals surface area contributed by atoms with Crippen LogP contribution in [0.1, 0.15) is 17.4 Å². The van der Waals surface area contributed by atoms with E-state index in [4.69, 9.17) is 9.47 Å². The zero-order valence-corrected chi connectivity index (χ0v) is 12.5. The van der Waals surface area contributed by atoms with Gasteiger partial charge in [-0.05, 0) is 19.1 Å². The van der Waals surface area contributed by atoms with Gasteiger partial charge in [-0.3, -0.25) is 9.59 Å². The molecule has 2 aromatic rings. The van der Waals surface area contributed by atoms with E-state index in [9.17, 15) is 9.59 Å². The lowest BCUT2D eigenvalue weighted by molar-refractivity contribution is -0.116. The van der Waals surface area contributed by atoms with Gasteiger partial charge in [0.2, 0.25) is 0 Å². The molecule has 0 aliphatic heterocycles. The highest BCUT2D eigenvalue weighted by Crippen LogP contribution is 2.33. The van der Waals surface area contributed by atoms with Gasteiger partial charge >= 0.3 is 0 Å². The van der Waals surface area contributed by atoms with Crippen LogP contribution < -0.4 is 14.8 Å². The number of methoxy groups -OCH3 is 2. The molecular formula is C15H18N2O4. The van der Waals surface area contributed by atoms with Crippen molar-refractivity contribution in [3.63, 3.8) is 0 Å². The number of benzene rings is 1. The van der Waals surface area contributed by atoms with E-state index < -0.39 is 0 Å². The zero-order valence-electron chi connectivity index (χ0n) is 12.5. The number of hydrogen-bond donors (Lipinski definition) is 1. The summed E-state index contributed by atoms with van der Waals surface area (Å²) < 4.78 is 12.3. The Labute approximate surface area is 122 Å². The van der Waals surface area contributed by atoms with Crippen molar-refractivity contribution in [1.29, 1.82) is 0 Å². The van der Waals surface area contributed by atoms with E-state index in [0.717, 1.165) is 10.9 Å². The maximum absolute atomic E-state index is 12.1. The Bertz CT molecular complexity index is 703. The quantitative estimate of drug-likeness (QED) is 0.906. The highest BCUT2D eigenvalue weighted by Gasteiger charge is 2.16. The molecule has 2 rings (SSSR count). The molecule has 1 N–H and O–H groups in total. The summed E-state index contributed by atoms with van der Waals surface area (Å²) in [5, 5.41) is 3.45. The summed E-state index contributed by atoms with van der Waals surface area (Å²) in [6.45, 7) is 1.45. The molecule has 0 unspecified atom stereocenters. The van der Waals surface area contributed by atoms with Crippen LogP contribution in [0, 0.1) is 0 Å². The van der Waals surface area contributed by atoms with E-state index in [2.05, 4.69) is 5.32 Å². The highest BCUT2D eigenvalue weighted by atomic mass is 16.5. The predicted molar refractivity (Wildman–Crippen MR) is 79.0 cm³/mol. The van der Waals surface area contributed by atoms with Gasteiger partial charge < -0.3 is 19.4 Å². The highest BCUT2D eigenvalue weighted by molar-refractivity contribution is 6.00. The minimum absolute atomic E-state index is 0.0208.